The van der Waals surface area contributed by atoms with Crippen LogP contribution in [0.5, 0.6) is 0 Å². The molecule has 0 aliphatic carbocycles. The highest BCUT2D eigenvalue weighted by molar-refractivity contribution is 8.18. The maximum absolute atomic E-state index is 2.39. The van der Waals surface area contributed by atoms with E-state index in [-0.39, 0.29) is 0 Å². The van der Waals surface area contributed by atoms with E-state index in [9.17, 15) is 0 Å². The van der Waals surface area contributed by atoms with Crippen LogP contribution in [-0.2, 0) is 0 Å². The highest BCUT2D eigenvalue weighted by Crippen LogP contribution is 2.53. The van der Waals surface area contributed by atoms with Crippen molar-refractivity contribution in [2.24, 2.45) is 5.92 Å². The highest BCUT2D eigenvalue weighted by Gasteiger charge is 2.39. The summed E-state index contributed by atoms with van der Waals surface area (Å²) in [6.07, 6.45) is 9.32. The third-order valence-electron chi connectivity index (χ3n) is 2.76. The van der Waals surface area contributed by atoms with Crippen LogP contribution in [0.4, 0.5) is 0 Å². The monoisotopic (exact) mass is 216 g/mol. The van der Waals surface area contributed by atoms with Crippen LogP contribution >= 0.6 is 23.5 Å². The molecule has 0 amide bonds. The molecular weight excluding hydrogens is 196 g/mol. The Balaban J connectivity index is 2.50. The topological polar surface area (TPSA) is 0 Å². The summed E-state index contributed by atoms with van der Waals surface area (Å²) in [5.41, 5.74) is 0. The second-order valence-electron chi connectivity index (χ2n) is 3.98. The Bertz CT molecular complexity index is 189. The van der Waals surface area contributed by atoms with E-state index in [1.807, 2.05) is 11.8 Å². The van der Waals surface area contributed by atoms with E-state index < -0.39 is 0 Å². The smallest absolute Gasteiger partial charge is 0.0586 e. The molecule has 0 aromatic carbocycles. The molecule has 1 heterocycles. The van der Waals surface area contributed by atoms with Crippen LogP contribution in [0.1, 0.15) is 33.6 Å². The molecule has 2 heteroatoms. The number of thioether (sulfide) groups is 2. The van der Waals surface area contributed by atoms with Gasteiger partial charge in [0.15, 0.2) is 0 Å². The molecule has 0 bridgehead atoms. The standard InChI is InChI=1S/C11H20S2/c1-5-6-7-10-9(2)8-11(3,12-4)13-10/h5-6,9-10H,7-8H2,1-4H3/b6-5-. The fourth-order valence-electron chi connectivity index (χ4n) is 1.88. The van der Waals surface area contributed by atoms with Crippen molar-refractivity contribution in [3.63, 3.8) is 0 Å². The maximum atomic E-state index is 2.39. The lowest BCUT2D eigenvalue weighted by molar-refractivity contribution is 0.533. The first-order valence-corrected chi connectivity index (χ1v) is 7.06. The quantitative estimate of drug-likeness (QED) is 0.649. The normalized spacial score (nSPS) is 40.3. The van der Waals surface area contributed by atoms with Gasteiger partial charge in [0.05, 0.1) is 4.08 Å². The van der Waals surface area contributed by atoms with Crippen molar-refractivity contribution in [1.29, 1.82) is 0 Å². The molecule has 0 spiro atoms. The van der Waals surface area contributed by atoms with E-state index >= 15 is 0 Å². The first-order valence-electron chi connectivity index (χ1n) is 4.95. The van der Waals surface area contributed by atoms with Gasteiger partial charge in [-0.25, -0.2) is 0 Å². The van der Waals surface area contributed by atoms with Crippen LogP contribution < -0.4 is 0 Å². The lowest BCUT2D eigenvalue weighted by Crippen LogP contribution is -2.09. The van der Waals surface area contributed by atoms with Crippen molar-refractivity contribution in [2.45, 2.75) is 42.9 Å². The summed E-state index contributed by atoms with van der Waals surface area (Å²) in [6, 6.07) is 0. The van der Waals surface area contributed by atoms with E-state index in [4.69, 9.17) is 0 Å². The molecule has 3 unspecified atom stereocenters. The second-order valence-corrected chi connectivity index (χ2v) is 7.29. The first-order chi connectivity index (χ1) is 6.11. The van der Waals surface area contributed by atoms with Gasteiger partial charge in [-0.1, -0.05) is 19.1 Å². The van der Waals surface area contributed by atoms with Crippen LogP contribution in [0, 0.1) is 5.92 Å². The van der Waals surface area contributed by atoms with Gasteiger partial charge in [-0.05, 0) is 38.9 Å². The molecule has 0 nitrogen and oxygen atoms in total. The summed E-state index contributed by atoms with van der Waals surface area (Å²) >= 11 is 4.19. The van der Waals surface area contributed by atoms with Crippen LogP contribution in [0.25, 0.3) is 0 Å². The Hall–Kier alpha value is 0.440. The lowest BCUT2D eigenvalue weighted by Gasteiger charge is -2.20. The predicted molar refractivity (Wildman–Crippen MR) is 66.5 cm³/mol. The summed E-state index contributed by atoms with van der Waals surface area (Å²) in [5, 5.41) is 0.841. The van der Waals surface area contributed by atoms with Crippen molar-refractivity contribution in [2.75, 3.05) is 6.26 Å². The van der Waals surface area contributed by atoms with Crippen molar-refractivity contribution in [3.05, 3.63) is 12.2 Å². The Kier molecular flexibility index (Phi) is 4.24. The van der Waals surface area contributed by atoms with Gasteiger partial charge < -0.3 is 0 Å². The van der Waals surface area contributed by atoms with Gasteiger partial charge in [0.1, 0.15) is 0 Å². The highest BCUT2D eigenvalue weighted by atomic mass is 32.2. The third-order valence-corrected chi connectivity index (χ3v) is 6.21. The molecule has 0 radical (unpaired) electrons. The molecule has 0 aromatic heterocycles. The fraction of sp³-hybridized carbons (Fsp3) is 0.818. The average molecular weight is 216 g/mol. The SMILES string of the molecule is C/C=C\CC1SC(C)(SC)CC1C. The number of rotatable bonds is 3. The molecule has 1 rings (SSSR count). The van der Waals surface area contributed by atoms with E-state index in [1.54, 1.807) is 0 Å². The van der Waals surface area contributed by atoms with E-state index in [2.05, 4.69) is 50.9 Å². The second kappa shape index (κ2) is 4.79. The molecule has 0 saturated carbocycles. The van der Waals surface area contributed by atoms with Crippen molar-refractivity contribution >= 4 is 23.5 Å². The summed E-state index contributed by atoms with van der Waals surface area (Å²) < 4.78 is 0.478. The van der Waals surface area contributed by atoms with Crippen LogP contribution in [0.3, 0.4) is 0 Å². The first kappa shape index (κ1) is 11.5. The molecule has 1 fully saturated rings. The van der Waals surface area contributed by atoms with Crippen molar-refractivity contribution < 1.29 is 0 Å². The Morgan fingerprint density at radius 2 is 2.31 bits per heavy atom. The number of allylic oxidation sites excluding steroid dienone is 2. The fourth-order valence-corrected chi connectivity index (χ4v) is 4.60. The van der Waals surface area contributed by atoms with Gasteiger partial charge in [-0.15, -0.1) is 23.5 Å². The predicted octanol–water partition coefficient (Wildman–Crippen LogP) is 4.17. The molecule has 0 aromatic rings. The van der Waals surface area contributed by atoms with Gasteiger partial charge in [0.25, 0.3) is 0 Å². The van der Waals surface area contributed by atoms with Crippen molar-refractivity contribution in [1.82, 2.24) is 0 Å². The Labute approximate surface area is 90.9 Å². The molecule has 13 heavy (non-hydrogen) atoms. The number of hydrogen-bond acceptors (Lipinski definition) is 2. The van der Waals surface area contributed by atoms with E-state index in [0.717, 1.165) is 11.2 Å². The van der Waals surface area contributed by atoms with Crippen LogP contribution in [-0.4, -0.2) is 15.6 Å². The van der Waals surface area contributed by atoms with Gasteiger partial charge in [0, 0.05) is 5.25 Å². The minimum atomic E-state index is 0.478. The lowest BCUT2D eigenvalue weighted by atomic mass is 10.00. The van der Waals surface area contributed by atoms with Crippen molar-refractivity contribution in [3.8, 4) is 0 Å². The summed E-state index contributed by atoms with van der Waals surface area (Å²) in [7, 11) is 0. The molecule has 0 N–H and O–H groups in total. The largest absolute Gasteiger partial charge is 0.148 e. The molecule has 3 atom stereocenters. The van der Waals surface area contributed by atoms with Gasteiger partial charge >= 0.3 is 0 Å². The zero-order chi connectivity index (χ0) is 9.90. The van der Waals surface area contributed by atoms with E-state index in [1.165, 1.54) is 12.8 Å². The third kappa shape index (κ3) is 2.95. The molecule has 1 aliphatic heterocycles. The molecule has 76 valence electrons. The van der Waals surface area contributed by atoms with Gasteiger partial charge in [-0.2, -0.15) is 0 Å². The molecular formula is C11H20S2. The van der Waals surface area contributed by atoms with Gasteiger partial charge in [0.2, 0.25) is 0 Å². The van der Waals surface area contributed by atoms with Gasteiger partial charge in [-0.3, -0.25) is 0 Å². The Morgan fingerprint density at radius 1 is 1.62 bits per heavy atom. The number of hydrogen-bond donors (Lipinski definition) is 0. The zero-order valence-corrected chi connectivity index (χ0v) is 10.7. The van der Waals surface area contributed by atoms with Crippen LogP contribution in [0.15, 0.2) is 12.2 Å². The maximum Gasteiger partial charge on any atom is 0.0586 e. The van der Waals surface area contributed by atoms with Crippen LogP contribution in [0.2, 0.25) is 0 Å². The Morgan fingerprint density at radius 3 is 2.77 bits per heavy atom. The minimum Gasteiger partial charge on any atom is -0.148 e. The molecule has 1 aliphatic rings. The minimum absolute atomic E-state index is 0.478. The average Bonchev–Trinajstić information content (AvgIpc) is 2.39. The summed E-state index contributed by atoms with van der Waals surface area (Å²) in [6.45, 7) is 6.88. The molecule has 1 saturated heterocycles. The zero-order valence-electron chi connectivity index (χ0n) is 9.04. The summed E-state index contributed by atoms with van der Waals surface area (Å²) in [5.74, 6) is 0.874. The van der Waals surface area contributed by atoms with E-state index in [0.29, 0.717) is 4.08 Å². The summed E-state index contributed by atoms with van der Waals surface area (Å²) in [4.78, 5) is 0.